The largest absolute Gasteiger partial charge is 0.493 e. The predicted molar refractivity (Wildman–Crippen MR) is 103 cm³/mol. The summed E-state index contributed by atoms with van der Waals surface area (Å²) in [5, 5.41) is 0. The molecule has 0 saturated heterocycles. The van der Waals surface area contributed by atoms with Crippen molar-refractivity contribution >= 4 is 28.2 Å². The SMILES string of the molecule is COc1ccc(C(=O)Cc2ccc(-c3nc4cnccc4o3)s2)cc1OC. The molecule has 136 valence electrons. The molecule has 3 aromatic heterocycles. The number of ketones is 1. The number of carbonyl (C=O) groups excluding carboxylic acids is 1. The summed E-state index contributed by atoms with van der Waals surface area (Å²) in [6.07, 6.45) is 3.62. The molecule has 0 spiro atoms. The fraction of sp³-hybridized carbons (Fsp3) is 0.150. The number of pyridine rings is 1. The lowest BCUT2D eigenvalue weighted by atomic mass is 10.1. The van der Waals surface area contributed by atoms with Gasteiger partial charge in [0.25, 0.3) is 0 Å². The first-order valence-electron chi connectivity index (χ1n) is 8.23. The summed E-state index contributed by atoms with van der Waals surface area (Å²) in [4.78, 5) is 22.9. The minimum atomic E-state index is 0.00567. The van der Waals surface area contributed by atoms with E-state index in [1.807, 2.05) is 12.1 Å². The van der Waals surface area contributed by atoms with Crippen LogP contribution in [0.3, 0.4) is 0 Å². The first kappa shape index (κ1) is 17.2. The van der Waals surface area contributed by atoms with Crippen LogP contribution in [0.25, 0.3) is 21.9 Å². The molecule has 0 bridgehead atoms. The molecule has 6 nitrogen and oxygen atoms in total. The molecular formula is C20H16N2O4S. The number of Topliss-reactive ketones (excluding diaryl/α,β-unsaturated/α-hetero) is 1. The Labute approximate surface area is 159 Å². The highest BCUT2D eigenvalue weighted by molar-refractivity contribution is 7.15. The Bertz CT molecular complexity index is 1080. The van der Waals surface area contributed by atoms with Crippen LogP contribution in [0, 0.1) is 0 Å². The zero-order valence-electron chi connectivity index (χ0n) is 14.8. The number of ether oxygens (including phenoxy) is 2. The second-order valence-electron chi connectivity index (χ2n) is 5.80. The van der Waals surface area contributed by atoms with Gasteiger partial charge in [-0.1, -0.05) is 0 Å². The van der Waals surface area contributed by atoms with Crippen LogP contribution >= 0.6 is 11.3 Å². The Balaban J connectivity index is 1.54. The van der Waals surface area contributed by atoms with Crippen molar-refractivity contribution in [2.45, 2.75) is 6.42 Å². The molecule has 3 heterocycles. The third-order valence-corrected chi connectivity index (χ3v) is 5.18. The second kappa shape index (κ2) is 7.20. The fourth-order valence-corrected chi connectivity index (χ4v) is 3.68. The summed E-state index contributed by atoms with van der Waals surface area (Å²) in [6, 6.07) is 10.8. The van der Waals surface area contributed by atoms with E-state index in [1.54, 1.807) is 50.9 Å². The Morgan fingerprint density at radius 1 is 1.11 bits per heavy atom. The molecule has 0 aliphatic rings. The van der Waals surface area contributed by atoms with Crippen LogP contribution in [-0.2, 0) is 6.42 Å². The summed E-state index contributed by atoms with van der Waals surface area (Å²) < 4.78 is 16.2. The molecule has 0 fully saturated rings. The zero-order chi connectivity index (χ0) is 18.8. The molecule has 0 N–H and O–H groups in total. The van der Waals surface area contributed by atoms with Crippen molar-refractivity contribution in [3.8, 4) is 22.3 Å². The molecular weight excluding hydrogens is 364 g/mol. The molecule has 7 heteroatoms. The highest BCUT2D eigenvalue weighted by atomic mass is 32.1. The first-order valence-corrected chi connectivity index (χ1v) is 9.04. The average molecular weight is 380 g/mol. The van der Waals surface area contributed by atoms with E-state index in [2.05, 4.69) is 9.97 Å². The van der Waals surface area contributed by atoms with Crippen LogP contribution in [-0.4, -0.2) is 30.0 Å². The number of oxazole rings is 1. The van der Waals surface area contributed by atoms with Gasteiger partial charge in [-0.05, 0) is 30.3 Å². The van der Waals surface area contributed by atoms with Gasteiger partial charge in [-0.2, -0.15) is 0 Å². The van der Waals surface area contributed by atoms with Gasteiger partial charge in [-0.25, -0.2) is 4.98 Å². The summed E-state index contributed by atoms with van der Waals surface area (Å²) in [5.74, 6) is 1.67. The highest BCUT2D eigenvalue weighted by Gasteiger charge is 2.15. The molecule has 27 heavy (non-hydrogen) atoms. The number of aromatic nitrogens is 2. The molecule has 1 aromatic carbocycles. The van der Waals surface area contributed by atoms with Crippen LogP contribution in [0.15, 0.2) is 53.2 Å². The lowest BCUT2D eigenvalue weighted by Crippen LogP contribution is -2.03. The maximum Gasteiger partial charge on any atom is 0.237 e. The van der Waals surface area contributed by atoms with E-state index in [0.717, 1.165) is 9.75 Å². The average Bonchev–Trinajstić information content (AvgIpc) is 3.33. The number of fused-ring (bicyclic) bond motifs is 1. The van der Waals surface area contributed by atoms with E-state index < -0.39 is 0 Å². The monoisotopic (exact) mass is 380 g/mol. The normalized spacial score (nSPS) is 10.9. The van der Waals surface area contributed by atoms with Gasteiger partial charge in [0.2, 0.25) is 5.89 Å². The first-order chi connectivity index (χ1) is 13.2. The van der Waals surface area contributed by atoms with E-state index in [-0.39, 0.29) is 5.78 Å². The lowest BCUT2D eigenvalue weighted by Gasteiger charge is -2.08. The van der Waals surface area contributed by atoms with Crippen molar-refractivity contribution in [1.29, 1.82) is 0 Å². The van der Waals surface area contributed by atoms with E-state index in [1.165, 1.54) is 11.3 Å². The van der Waals surface area contributed by atoms with E-state index >= 15 is 0 Å². The van der Waals surface area contributed by atoms with E-state index in [0.29, 0.717) is 40.5 Å². The Morgan fingerprint density at radius 3 is 2.74 bits per heavy atom. The number of thiophene rings is 1. The molecule has 0 aliphatic carbocycles. The molecule has 0 amide bonds. The smallest absolute Gasteiger partial charge is 0.237 e. The standard InChI is InChI=1S/C20H16N2O4S/c1-24-17-5-3-12(9-18(17)25-2)15(23)10-13-4-6-19(27-13)20-22-14-11-21-8-7-16(14)26-20/h3-9,11H,10H2,1-2H3. The predicted octanol–water partition coefficient (Wildman–Crippen LogP) is 4.39. The molecule has 0 unspecified atom stereocenters. The maximum absolute atomic E-state index is 12.6. The molecule has 4 rings (SSSR count). The zero-order valence-corrected chi connectivity index (χ0v) is 15.6. The van der Waals surface area contributed by atoms with E-state index in [4.69, 9.17) is 13.9 Å². The Morgan fingerprint density at radius 2 is 1.96 bits per heavy atom. The quantitative estimate of drug-likeness (QED) is 0.462. The number of hydrogen-bond donors (Lipinski definition) is 0. The lowest BCUT2D eigenvalue weighted by molar-refractivity contribution is 0.0993. The van der Waals surface area contributed by atoms with Crippen molar-refractivity contribution in [3.63, 3.8) is 0 Å². The van der Waals surface area contributed by atoms with Gasteiger partial charge in [-0.15, -0.1) is 11.3 Å². The number of carbonyl (C=O) groups is 1. The summed E-state index contributed by atoms with van der Waals surface area (Å²) in [7, 11) is 3.11. The van der Waals surface area contributed by atoms with Crippen molar-refractivity contribution in [3.05, 3.63) is 59.2 Å². The van der Waals surface area contributed by atoms with Gasteiger partial charge in [0.05, 0.1) is 25.3 Å². The van der Waals surface area contributed by atoms with Crippen LogP contribution in [0.1, 0.15) is 15.2 Å². The van der Waals surface area contributed by atoms with Gasteiger partial charge >= 0.3 is 0 Å². The van der Waals surface area contributed by atoms with E-state index in [9.17, 15) is 4.79 Å². The van der Waals surface area contributed by atoms with Crippen molar-refractivity contribution in [1.82, 2.24) is 9.97 Å². The number of hydrogen-bond acceptors (Lipinski definition) is 7. The Hall–Kier alpha value is -3.19. The van der Waals surface area contributed by atoms with Gasteiger partial charge in [-0.3, -0.25) is 9.78 Å². The summed E-state index contributed by atoms with van der Waals surface area (Å²) >= 11 is 1.49. The fourth-order valence-electron chi connectivity index (χ4n) is 2.74. The second-order valence-corrected chi connectivity index (χ2v) is 6.97. The third kappa shape index (κ3) is 3.41. The third-order valence-electron chi connectivity index (χ3n) is 4.10. The molecule has 0 atom stereocenters. The number of rotatable bonds is 6. The van der Waals surface area contributed by atoms with Crippen LogP contribution in [0.4, 0.5) is 0 Å². The number of nitrogens with zero attached hydrogens (tertiary/aromatic N) is 2. The van der Waals surface area contributed by atoms with Gasteiger partial charge < -0.3 is 13.9 Å². The molecule has 0 radical (unpaired) electrons. The van der Waals surface area contributed by atoms with Crippen molar-refractivity contribution in [2.75, 3.05) is 14.2 Å². The molecule has 4 aromatic rings. The number of methoxy groups -OCH3 is 2. The molecule has 0 saturated carbocycles. The summed E-state index contributed by atoms with van der Waals surface area (Å²) in [5.41, 5.74) is 1.98. The van der Waals surface area contributed by atoms with Crippen LogP contribution in [0.2, 0.25) is 0 Å². The van der Waals surface area contributed by atoms with Crippen LogP contribution < -0.4 is 9.47 Å². The number of benzene rings is 1. The molecule has 0 aliphatic heterocycles. The highest BCUT2D eigenvalue weighted by Crippen LogP contribution is 2.32. The van der Waals surface area contributed by atoms with Gasteiger partial charge in [0, 0.05) is 29.1 Å². The topological polar surface area (TPSA) is 74.5 Å². The van der Waals surface area contributed by atoms with Crippen LogP contribution in [0.5, 0.6) is 11.5 Å². The van der Waals surface area contributed by atoms with Gasteiger partial charge in [0.1, 0.15) is 5.52 Å². The maximum atomic E-state index is 12.6. The Kier molecular flexibility index (Phi) is 4.60. The minimum absolute atomic E-state index is 0.00567. The van der Waals surface area contributed by atoms with Crippen molar-refractivity contribution in [2.24, 2.45) is 0 Å². The van der Waals surface area contributed by atoms with Gasteiger partial charge in [0.15, 0.2) is 22.9 Å². The summed E-state index contributed by atoms with van der Waals surface area (Å²) in [6.45, 7) is 0. The minimum Gasteiger partial charge on any atom is -0.493 e. The van der Waals surface area contributed by atoms with Crippen molar-refractivity contribution < 1.29 is 18.7 Å².